The molecule has 3 aromatic rings. The first-order chi connectivity index (χ1) is 18.0. The fourth-order valence-electron chi connectivity index (χ4n) is 6.11. The minimum absolute atomic E-state index is 0.112. The molecule has 3 heteroatoms. The lowest BCUT2D eigenvalue weighted by Gasteiger charge is -2.34. The van der Waals surface area contributed by atoms with Gasteiger partial charge < -0.3 is 4.90 Å². The zero-order chi connectivity index (χ0) is 25.8. The molecule has 0 bridgehead atoms. The second-order valence-corrected chi connectivity index (χ2v) is 10.7. The molecule has 0 spiro atoms. The maximum Gasteiger partial charge on any atom is 0.123 e. The van der Waals surface area contributed by atoms with Gasteiger partial charge in [-0.25, -0.2) is 4.39 Å². The minimum Gasteiger partial charge on any atom is -0.303 e. The second-order valence-electron chi connectivity index (χ2n) is 10.7. The molecule has 1 unspecified atom stereocenters. The van der Waals surface area contributed by atoms with Gasteiger partial charge in [0.05, 0.1) is 11.5 Å². The molecule has 0 saturated carbocycles. The molecule has 1 aliphatic heterocycles. The van der Waals surface area contributed by atoms with E-state index in [9.17, 15) is 9.65 Å². The monoisotopic (exact) mass is 490 g/mol. The molecular formula is C34H35FN2. The van der Waals surface area contributed by atoms with Crippen LogP contribution in [0.15, 0.2) is 78.4 Å². The first-order valence-corrected chi connectivity index (χ1v) is 13.5. The molecule has 2 nitrogen and oxygen atoms in total. The van der Waals surface area contributed by atoms with Gasteiger partial charge in [0.15, 0.2) is 0 Å². The Morgan fingerprint density at radius 3 is 2.08 bits per heavy atom. The van der Waals surface area contributed by atoms with Crippen LogP contribution in [0.3, 0.4) is 0 Å². The number of fused-ring (bicyclic) bond motifs is 2. The van der Waals surface area contributed by atoms with Crippen LogP contribution in [0.1, 0.15) is 67.3 Å². The number of benzene rings is 3. The zero-order valence-corrected chi connectivity index (χ0v) is 21.9. The summed E-state index contributed by atoms with van der Waals surface area (Å²) < 4.78 is 14.0. The predicted octanol–water partition coefficient (Wildman–Crippen LogP) is 8.10. The summed E-state index contributed by atoms with van der Waals surface area (Å²) in [5.74, 6) is -0.160. The van der Waals surface area contributed by atoms with Crippen molar-refractivity contribution in [2.24, 2.45) is 5.92 Å². The highest BCUT2D eigenvalue weighted by molar-refractivity contribution is 5.94. The maximum atomic E-state index is 14.0. The SMILES string of the molecule is CC(C)C(C#N)(CCCN1CCC(=C2c3ccccc3C=Cc3ccccc32)CC1)c1cccc(F)c1. The van der Waals surface area contributed by atoms with Gasteiger partial charge in [0, 0.05) is 13.1 Å². The Bertz CT molecular complexity index is 1310. The lowest BCUT2D eigenvalue weighted by atomic mass is 9.70. The Hall–Kier alpha value is -3.48. The summed E-state index contributed by atoms with van der Waals surface area (Å²) in [6.07, 6.45) is 8.24. The lowest BCUT2D eigenvalue weighted by molar-refractivity contribution is 0.238. The van der Waals surface area contributed by atoms with E-state index in [-0.39, 0.29) is 11.7 Å². The summed E-state index contributed by atoms with van der Waals surface area (Å²) in [7, 11) is 0. The largest absolute Gasteiger partial charge is 0.303 e. The Morgan fingerprint density at radius 1 is 0.892 bits per heavy atom. The first kappa shape index (κ1) is 25.2. The summed E-state index contributed by atoms with van der Waals surface area (Å²) in [6, 6.07) is 26.7. The van der Waals surface area contributed by atoms with Crippen molar-refractivity contribution in [2.45, 2.75) is 44.9 Å². The van der Waals surface area contributed by atoms with E-state index >= 15 is 0 Å². The number of halogens is 1. The van der Waals surface area contributed by atoms with Crippen LogP contribution in [0.25, 0.3) is 17.7 Å². The van der Waals surface area contributed by atoms with Crippen LogP contribution < -0.4 is 0 Å². The van der Waals surface area contributed by atoms with Crippen LogP contribution in [-0.2, 0) is 5.41 Å². The van der Waals surface area contributed by atoms with Crippen LogP contribution in [0, 0.1) is 23.1 Å². The summed E-state index contributed by atoms with van der Waals surface area (Å²) in [5, 5.41) is 10.2. The standard InChI is InChI=1S/C34H35FN2/c1-25(2)34(24-36,29-11-7-12-30(35)23-29)19-8-20-37-21-17-28(18-22-37)33-31-13-5-3-9-26(31)15-16-27-10-4-6-14-32(27)33/h3-7,9-16,23,25H,8,17-22H2,1-2H3. The molecule has 1 atom stereocenters. The molecule has 37 heavy (non-hydrogen) atoms. The smallest absolute Gasteiger partial charge is 0.123 e. The molecule has 1 saturated heterocycles. The third kappa shape index (κ3) is 5.04. The highest BCUT2D eigenvalue weighted by Crippen LogP contribution is 2.40. The number of rotatable bonds is 6. The van der Waals surface area contributed by atoms with Gasteiger partial charge in [-0.1, -0.05) is 92.2 Å². The van der Waals surface area contributed by atoms with E-state index in [1.54, 1.807) is 12.1 Å². The number of hydrogen-bond acceptors (Lipinski definition) is 2. The zero-order valence-electron chi connectivity index (χ0n) is 21.9. The molecule has 0 radical (unpaired) electrons. The van der Waals surface area contributed by atoms with Gasteiger partial charge in [0.25, 0.3) is 0 Å². The van der Waals surface area contributed by atoms with Crippen LogP contribution in [0.5, 0.6) is 0 Å². The van der Waals surface area contributed by atoms with Gasteiger partial charge >= 0.3 is 0 Å². The van der Waals surface area contributed by atoms with Crippen molar-refractivity contribution in [1.29, 1.82) is 5.26 Å². The quantitative estimate of drug-likeness (QED) is 0.273. The van der Waals surface area contributed by atoms with Crippen LogP contribution in [0.2, 0.25) is 0 Å². The van der Waals surface area contributed by atoms with E-state index in [0.29, 0.717) is 0 Å². The lowest BCUT2D eigenvalue weighted by Crippen LogP contribution is -2.35. The number of likely N-dealkylation sites (tertiary alicyclic amines) is 1. The Morgan fingerprint density at radius 2 is 1.51 bits per heavy atom. The van der Waals surface area contributed by atoms with Crippen molar-refractivity contribution < 1.29 is 4.39 Å². The molecular weight excluding hydrogens is 455 g/mol. The summed E-state index contributed by atoms with van der Waals surface area (Å²) >= 11 is 0. The molecule has 5 rings (SSSR count). The fraction of sp³-hybridized carbons (Fsp3) is 0.324. The average molecular weight is 491 g/mol. The van der Waals surface area contributed by atoms with Crippen molar-refractivity contribution in [3.05, 3.63) is 112 Å². The predicted molar refractivity (Wildman–Crippen MR) is 151 cm³/mol. The van der Waals surface area contributed by atoms with Gasteiger partial charge in [-0.05, 0) is 83.7 Å². The van der Waals surface area contributed by atoms with Gasteiger partial charge in [-0.2, -0.15) is 5.26 Å². The van der Waals surface area contributed by atoms with Crippen molar-refractivity contribution in [3.63, 3.8) is 0 Å². The Kier molecular flexibility index (Phi) is 7.40. The summed E-state index contributed by atoms with van der Waals surface area (Å²) in [6.45, 7) is 7.16. The highest BCUT2D eigenvalue weighted by atomic mass is 19.1. The fourth-order valence-corrected chi connectivity index (χ4v) is 6.11. The van der Waals surface area contributed by atoms with E-state index < -0.39 is 5.41 Å². The van der Waals surface area contributed by atoms with E-state index in [1.807, 2.05) is 6.07 Å². The molecule has 2 aliphatic rings. The molecule has 1 fully saturated rings. The number of piperidine rings is 1. The topological polar surface area (TPSA) is 27.0 Å². The molecule has 188 valence electrons. The third-order valence-corrected chi connectivity index (χ3v) is 8.29. The van der Waals surface area contributed by atoms with Crippen LogP contribution in [-0.4, -0.2) is 24.5 Å². The molecule has 3 aromatic carbocycles. The highest BCUT2D eigenvalue weighted by Gasteiger charge is 2.36. The maximum absolute atomic E-state index is 14.0. The molecule has 0 N–H and O–H groups in total. The van der Waals surface area contributed by atoms with E-state index in [1.165, 1.54) is 39.5 Å². The van der Waals surface area contributed by atoms with Gasteiger partial charge in [0.2, 0.25) is 0 Å². The summed E-state index contributed by atoms with van der Waals surface area (Å²) in [4.78, 5) is 2.53. The van der Waals surface area contributed by atoms with Crippen molar-refractivity contribution >= 4 is 17.7 Å². The van der Waals surface area contributed by atoms with Crippen LogP contribution >= 0.6 is 0 Å². The third-order valence-electron chi connectivity index (χ3n) is 8.29. The van der Waals surface area contributed by atoms with Gasteiger partial charge in [-0.15, -0.1) is 0 Å². The van der Waals surface area contributed by atoms with E-state index in [2.05, 4.69) is 85.5 Å². The van der Waals surface area contributed by atoms with E-state index in [0.717, 1.165) is 50.9 Å². The number of nitrogens with zero attached hydrogens (tertiary/aromatic N) is 2. The molecule has 0 amide bonds. The van der Waals surface area contributed by atoms with E-state index in [4.69, 9.17) is 0 Å². The number of nitriles is 1. The van der Waals surface area contributed by atoms with Crippen molar-refractivity contribution in [1.82, 2.24) is 4.90 Å². The normalized spacial score (nSPS) is 17.1. The average Bonchev–Trinajstić information content (AvgIpc) is 3.08. The van der Waals surface area contributed by atoms with Crippen LogP contribution in [0.4, 0.5) is 4.39 Å². The second kappa shape index (κ2) is 10.9. The Labute approximate surface area is 220 Å². The van der Waals surface area contributed by atoms with Gasteiger partial charge in [-0.3, -0.25) is 0 Å². The number of hydrogen-bond donors (Lipinski definition) is 0. The first-order valence-electron chi connectivity index (χ1n) is 13.5. The van der Waals surface area contributed by atoms with Gasteiger partial charge in [0.1, 0.15) is 5.82 Å². The summed E-state index contributed by atoms with van der Waals surface area (Å²) in [5.41, 5.74) is 8.31. The Balaban J connectivity index is 1.31. The molecule has 1 heterocycles. The minimum atomic E-state index is -0.661. The molecule has 1 aliphatic carbocycles. The van der Waals surface area contributed by atoms with Crippen molar-refractivity contribution in [2.75, 3.05) is 19.6 Å². The van der Waals surface area contributed by atoms with Crippen molar-refractivity contribution in [3.8, 4) is 6.07 Å². The molecule has 0 aromatic heterocycles.